The predicted octanol–water partition coefficient (Wildman–Crippen LogP) is 23.0. The van der Waals surface area contributed by atoms with E-state index >= 15 is 0 Å². The monoisotopic (exact) mass is 1890 g/mol. The number of hydrogen-bond donors (Lipinski definition) is 7. The third-order valence-corrected chi connectivity index (χ3v) is 23.4. The number of ketones is 1. The van der Waals surface area contributed by atoms with Crippen molar-refractivity contribution < 1.29 is 43.1 Å². The number of nitrogens with one attached hydrogen (secondary N) is 4. The molecule has 13 aromatic rings. The van der Waals surface area contributed by atoms with Crippen LogP contribution in [0.4, 0.5) is 38.3 Å². The van der Waals surface area contributed by atoms with Crippen molar-refractivity contribution >= 4 is 124 Å². The van der Waals surface area contributed by atoms with Gasteiger partial charge in [-0.1, -0.05) is 144 Å². The second-order valence-corrected chi connectivity index (χ2v) is 39.3. The maximum absolute atomic E-state index is 12.7. The number of aromatic carboxylic acids is 1. The molecule has 1 aliphatic rings. The highest BCUT2D eigenvalue weighted by atomic mass is 35.5. The molecule has 32 heteroatoms. The highest BCUT2D eigenvalue weighted by Crippen LogP contribution is 2.38. The molecule has 1 fully saturated rings. The summed E-state index contributed by atoms with van der Waals surface area (Å²) in [4.78, 5) is 73.0. The number of aromatic nitrogens is 12. The van der Waals surface area contributed by atoms with Gasteiger partial charge in [-0.2, -0.15) is 27.9 Å². The molecule has 0 atom stereocenters. The van der Waals surface area contributed by atoms with Crippen molar-refractivity contribution in [3.05, 3.63) is 276 Å². The number of amides is 2. The zero-order chi connectivity index (χ0) is 97.8. The minimum Gasteiger partial charge on any atom is -0.477 e. The number of benzene rings is 4. The summed E-state index contributed by atoms with van der Waals surface area (Å²) in [6.07, 6.45) is 24.0. The molecule has 4 aromatic carbocycles. The molecule has 14 rings (SSSR count). The average Bonchev–Trinajstić information content (AvgIpc) is 1.62. The van der Waals surface area contributed by atoms with E-state index in [-0.39, 0.29) is 34.9 Å². The molecule has 0 unspecified atom stereocenters. The maximum Gasteiger partial charge on any atom is 0.494 e. The molecule has 2 amide bonds. The number of hydrogen-bond acceptors (Lipinski definition) is 23. The zero-order valence-corrected chi connectivity index (χ0v) is 84.8. The number of pyridine rings is 4. The van der Waals surface area contributed by atoms with Crippen LogP contribution in [0.25, 0.3) is 33.4 Å². The van der Waals surface area contributed by atoms with Gasteiger partial charge < -0.3 is 50.9 Å². The first kappa shape index (κ1) is 107. The van der Waals surface area contributed by atoms with E-state index in [1.165, 1.54) is 56.7 Å². The molecular weight excluding hydrogens is 1760 g/mol. The number of halogens is 2. The van der Waals surface area contributed by atoms with E-state index in [2.05, 4.69) is 163 Å². The molecule has 1 saturated heterocycles. The summed E-state index contributed by atoms with van der Waals surface area (Å²) in [5.74, 6) is 0.783. The summed E-state index contributed by atoms with van der Waals surface area (Å²) in [5, 5.41) is 35.9. The largest absolute Gasteiger partial charge is 0.494 e. The fourth-order valence-corrected chi connectivity index (χ4v) is 14.7. The van der Waals surface area contributed by atoms with Crippen molar-refractivity contribution in [3.63, 3.8) is 0 Å². The highest BCUT2D eigenvalue weighted by molar-refractivity contribution is 7.79. The second kappa shape index (κ2) is 48.7. The van der Waals surface area contributed by atoms with Crippen molar-refractivity contribution in [2.75, 3.05) is 22.6 Å². The van der Waals surface area contributed by atoms with Gasteiger partial charge in [0.25, 0.3) is 0 Å². The Morgan fingerprint density at radius 1 is 0.485 bits per heavy atom. The maximum atomic E-state index is 12.7. The molecular formula is C100H128BCl2N17O9S3. The number of alkyl carbamates (subject to hydrolysis) is 2. The molecule has 7 N–H and O–H groups in total. The van der Waals surface area contributed by atoms with Crippen LogP contribution in [0, 0.1) is 34.6 Å². The van der Waals surface area contributed by atoms with E-state index in [1.807, 2.05) is 223 Å². The van der Waals surface area contributed by atoms with Crippen LogP contribution < -0.4 is 32.5 Å². The standard InChI is InChI=1S/C26H29N5OS.C22H27N5O2.C19H30BNO4.C14H14ClN.C8H11NO2S.C6H6ClN.C4H7N3.CH4S/c1-17-12-19(20-10-11-27-24(13-20)30-21-14-29-31(5)16-21)7-6-18(17)8-9-22(32)23-15-28-25(33-23)26(2,3)4;1-15-10-16(6-7-18(15)12-24-21(28)29-22(2,3)4)17-8-9-23-20(11-17)26-19-13-25-27(5)14-19;1-13-11-15(20-24-18(5,6)19(7,8)25-20)10-9-14(13)12-21-16(22)23-17(2,3)4;1-3-11-4-5-12(8-10(11)2)13-6-7-16-14(15)9-13;1-8(2,3)7-9-4-5(12-7)6(10)11;1-5-2-3-8-6(7)4-5;1-7-3-4(5)2-6-7;1-2/h6-7,10-16H,8-9H2,1-5H3,(H,27,30);6-11,13-14H,12H2,1-5H3,(H,23,26)(H,24,28);9-11H,12H2,1-8H3,(H,21,22);4-9H,3H2,1-2H3;4H,1-3H3,(H,10,11);2-4H,1H3;2-3H,5H2,1H3;2H,1H3. The summed E-state index contributed by atoms with van der Waals surface area (Å²) in [6, 6.07) is 40.7. The zero-order valence-electron chi connectivity index (χ0n) is 80.8. The van der Waals surface area contributed by atoms with E-state index in [0.717, 1.165) is 112 Å². The number of ether oxygens (including phenoxy) is 2. The van der Waals surface area contributed by atoms with Gasteiger partial charge in [0.05, 0.1) is 67.9 Å². The predicted molar refractivity (Wildman–Crippen MR) is 541 cm³/mol. The summed E-state index contributed by atoms with van der Waals surface area (Å²) in [6.45, 7) is 44.9. The lowest BCUT2D eigenvalue weighted by atomic mass is 9.78. The molecule has 0 aliphatic carbocycles. The number of carboxylic acid groups (broad SMARTS) is 1. The number of carbonyl (C=O) groups excluding carboxylic acids is 3. The topological polar surface area (TPSA) is 330 Å². The molecule has 132 heavy (non-hydrogen) atoms. The summed E-state index contributed by atoms with van der Waals surface area (Å²) < 4.78 is 27.9. The van der Waals surface area contributed by atoms with Crippen molar-refractivity contribution in [2.45, 2.75) is 218 Å². The number of carbonyl (C=O) groups is 4. The van der Waals surface area contributed by atoms with Crippen LogP contribution >= 0.6 is 58.5 Å². The summed E-state index contributed by atoms with van der Waals surface area (Å²) >= 11 is 17.7. The lowest BCUT2D eigenvalue weighted by Crippen LogP contribution is -2.41. The quantitative estimate of drug-likeness (QED) is 0.0182. The number of nitrogens with two attached hydrogens (primary N) is 1. The van der Waals surface area contributed by atoms with Crippen LogP contribution in [0.3, 0.4) is 0 Å². The highest BCUT2D eigenvalue weighted by Gasteiger charge is 2.52. The van der Waals surface area contributed by atoms with Gasteiger partial charge in [0.1, 0.15) is 38.0 Å². The second-order valence-electron chi connectivity index (χ2n) is 36.4. The molecule has 0 saturated carbocycles. The van der Waals surface area contributed by atoms with Gasteiger partial charge in [-0.3, -0.25) is 18.8 Å². The van der Waals surface area contributed by atoms with Crippen molar-refractivity contribution in [1.29, 1.82) is 0 Å². The minimum absolute atomic E-state index is 0.0318. The Hall–Kier alpha value is -11.6. The van der Waals surface area contributed by atoms with Crippen LogP contribution in [0.5, 0.6) is 0 Å². The number of aryl methyl sites for hydroxylation is 10. The Morgan fingerprint density at radius 2 is 0.871 bits per heavy atom. The van der Waals surface area contributed by atoms with Crippen LogP contribution in [0.1, 0.15) is 204 Å². The third-order valence-electron chi connectivity index (χ3n) is 20.2. The van der Waals surface area contributed by atoms with Crippen LogP contribution in [-0.4, -0.2) is 124 Å². The number of thiol groups is 1. The molecule has 10 heterocycles. The number of anilines is 5. The van der Waals surface area contributed by atoms with E-state index in [1.54, 1.807) is 76.1 Å². The van der Waals surface area contributed by atoms with Gasteiger partial charge in [-0.15, -0.1) is 22.7 Å². The number of nitrogen functional groups attached to an aromatic ring is 1. The van der Waals surface area contributed by atoms with Crippen molar-refractivity contribution in [2.24, 2.45) is 21.1 Å². The van der Waals surface area contributed by atoms with Crippen LogP contribution in [0.2, 0.25) is 10.3 Å². The van der Waals surface area contributed by atoms with Gasteiger partial charge in [-0.25, -0.2) is 44.3 Å². The lowest BCUT2D eigenvalue weighted by molar-refractivity contribution is 0.00578. The average molecular weight is 1890 g/mol. The first-order valence-electron chi connectivity index (χ1n) is 43.1. The fourth-order valence-electron chi connectivity index (χ4n) is 12.5. The smallest absolute Gasteiger partial charge is 0.477 e. The Bertz CT molecular complexity index is 5910. The third kappa shape index (κ3) is 35.2. The van der Waals surface area contributed by atoms with Gasteiger partial charge >= 0.3 is 25.3 Å². The molecule has 0 bridgehead atoms. The van der Waals surface area contributed by atoms with E-state index in [9.17, 15) is 19.2 Å². The van der Waals surface area contributed by atoms with E-state index in [4.69, 9.17) is 52.8 Å². The number of Topliss-reactive ketones (excluding diaryl/α,β-unsaturated/α-hetero) is 1. The first-order chi connectivity index (χ1) is 61.9. The lowest BCUT2D eigenvalue weighted by Gasteiger charge is -2.32. The first-order valence-corrected chi connectivity index (χ1v) is 46.4. The van der Waals surface area contributed by atoms with Gasteiger partial charge in [0, 0.05) is 101 Å². The Kier molecular flexibility index (Phi) is 39.6. The summed E-state index contributed by atoms with van der Waals surface area (Å²) in [7, 11) is 5.21. The fraction of sp³-hybridized carbons (Fsp3) is 0.370. The molecule has 702 valence electrons. The molecule has 1 aliphatic heterocycles. The molecule has 26 nitrogen and oxygen atoms in total. The van der Waals surface area contributed by atoms with Gasteiger partial charge in [0.15, 0.2) is 5.78 Å². The normalized spacial score (nSPS) is 12.4. The number of thiazole rings is 2. The number of rotatable bonds is 18. The molecule has 9 aromatic heterocycles. The Balaban J connectivity index is 0.000000221. The Morgan fingerprint density at radius 3 is 1.22 bits per heavy atom. The van der Waals surface area contributed by atoms with Crippen molar-refractivity contribution in [3.8, 4) is 33.4 Å². The van der Waals surface area contributed by atoms with E-state index in [0.29, 0.717) is 40.4 Å². The van der Waals surface area contributed by atoms with Gasteiger partial charge in [-0.05, 0) is 260 Å². The summed E-state index contributed by atoms with van der Waals surface area (Å²) in [5.41, 5.74) is 24.1. The Labute approximate surface area is 802 Å². The number of carboxylic acids is 1. The SMILES string of the molecule is CC(C)(C)c1ncc(C(=O)O)s1.CCc1ccc(-c2ccnc(Cl)c2)cc1C.CS.Cc1cc(-c2ccnc(Nc3cnn(C)c3)c2)ccc1CCC(=O)c1cnc(C(C)(C)C)s1.Cc1cc(-c2ccnc(Nc3cnn(C)c3)c2)ccc1CNC(=O)OC(C)(C)C.Cc1cc(B2OC(C)(C)C(C)(C)O2)ccc1CNC(=O)OC(C)(C)C.Cc1ccnc(Cl)c1.Cn1cc(N)cn1. The van der Waals surface area contributed by atoms with Crippen LogP contribution in [-0.2, 0) is 76.7 Å². The molecule has 0 spiro atoms. The van der Waals surface area contributed by atoms with Gasteiger partial charge in [0.2, 0.25) is 0 Å². The van der Waals surface area contributed by atoms with Crippen LogP contribution in [0.15, 0.2) is 196 Å². The minimum atomic E-state index is -0.900. The van der Waals surface area contributed by atoms with E-state index < -0.39 is 29.4 Å². The van der Waals surface area contributed by atoms with Crippen molar-refractivity contribution in [1.82, 2.24) is 69.9 Å². The number of nitrogens with zero attached hydrogens (tertiary/aromatic N) is 12. The molecule has 0 radical (unpaired) electrons.